The Kier molecular flexibility index (Phi) is 3.13. The minimum Gasteiger partial charge on any atom is -0.481 e. The third-order valence-electron chi connectivity index (χ3n) is 2.82. The Morgan fingerprint density at radius 3 is 2.88 bits per heavy atom. The lowest BCUT2D eigenvalue weighted by Crippen LogP contribution is -2.16. The second-order valence-corrected chi connectivity index (χ2v) is 4.63. The third-order valence-corrected chi connectivity index (χ3v) is 2.82. The summed E-state index contributed by atoms with van der Waals surface area (Å²) in [5.41, 5.74) is 1.58. The molecule has 0 saturated carbocycles. The van der Waals surface area contributed by atoms with E-state index in [4.69, 9.17) is 0 Å². The van der Waals surface area contributed by atoms with Crippen molar-refractivity contribution in [2.24, 2.45) is 5.92 Å². The van der Waals surface area contributed by atoms with Crippen LogP contribution >= 0.6 is 0 Å². The summed E-state index contributed by atoms with van der Waals surface area (Å²) in [6.45, 7) is 4.06. The minimum atomic E-state index is -0.778. The number of hydrogen-bond acceptors (Lipinski definition) is 2. The maximum atomic E-state index is 11.4. The van der Waals surface area contributed by atoms with Crippen LogP contribution in [-0.2, 0) is 4.79 Å². The standard InChI is InChI=1S/C13H16N2O2/c1-9(2)8-10(13(16)17)11-4-3-5-12-14-6-7-15(11)12/h3-7,9-10H,8H2,1-2H3,(H,16,17). The Hall–Kier alpha value is -1.84. The number of aliphatic carboxylic acids is 1. The van der Waals surface area contributed by atoms with Crippen LogP contribution in [-0.4, -0.2) is 20.5 Å². The van der Waals surface area contributed by atoms with Gasteiger partial charge in [0.05, 0.1) is 5.92 Å². The van der Waals surface area contributed by atoms with Crippen LogP contribution in [0.15, 0.2) is 30.6 Å². The van der Waals surface area contributed by atoms with Crippen LogP contribution in [0.5, 0.6) is 0 Å². The summed E-state index contributed by atoms with van der Waals surface area (Å²) in [6, 6.07) is 5.58. The quantitative estimate of drug-likeness (QED) is 0.881. The van der Waals surface area contributed by atoms with Crippen LogP contribution in [0.1, 0.15) is 31.9 Å². The fraction of sp³-hybridized carbons (Fsp3) is 0.385. The largest absolute Gasteiger partial charge is 0.481 e. The molecule has 4 heteroatoms. The van der Waals surface area contributed by atoms with Gasteiger partial charge in [0.15, 0.2) is 0 Å². The normalized spacial score (nSPS) is 13.1. The Morgan fingerprint density at radius 1 is 1.47 bits per heavy atom. The number of nitrogens with zero attached hydrogens (tertiary/aromatic N) is 2. The van der Waals surface area contributed by atoms with E-state index >= 15 is 0 Å². The molecule has 90 valence electrons. The van der Waals surface area contributed by atoms with E-state index in [9.17, 15) is 9.90 Å². The Bertz CT molecular complexity index is 531. The van der Waals surface area contributed by atoms with Crippen molar-refractivity contribution >= 4 is 11.6 Å². The van der Waals surface area contributed by atoms with Crippen molar-refractivity contribution in [3.05, 3.63) is 36.3 Å². The van der Waals surface area contributed by atoms with Gasteiger partial charge >= 0.3 is 5.97 Å². The van der Waals surface area contributed by atoms with Crippen LogP contribution in [0, 0.1) is 5.92 Å². The first-order chi connectivity index (χ1) is 8.09. The van der Waals surface area contributed by atoms with Gasteiger partial charge in [-0.1, -0.05) is 19.9 Å². The van der Waals surface area contributed by atoms with E-state index in [1.807, 2.05) is 36.4 Å². The smallest absolute Gasteiger partial charge is 0.312 e. The Morgan fingerprint density at radius 2 is 2.24 bits per heavy atom. The molecule has 4 nitrogen and oxygen atoms in total. The van der Waals surface area contributed by atoms with Crippen molar-refractivity contribution in [1.29, 1.82) is 0 Å². The zero-order valence-electron chi connectivity index (χ0n) is 10.00. The summed E-state index contributed by atoms with van der Waals surface area (Å²) in [4.78, 5) is 15.5. The van der Waals surface area contributed by atoms with Gasteiger partial charge in [-0.05, 0) is 24.5 Å². The van der Waals surface area contributed by atoms with Crippen LogP contribution in [0.25, 0.3) is 5.65 Å². The number of pyridine rings is 1. The number of carboxylic acids is 1. The fourth-order valence-electron chi connectivity index (χ4n) is 2.07. The molecule has 2 rings (SSSR count). The molecule has 0 aromatic carbocycles. The number of hydrogen-bond donors (Lipinski definition) is 1. The molecule has 1 N–H and O–H groups in total. The van der Waals surface area contributed by atoms with Crippen molar-refractivity contribution in [2.75, 3.05) is 0 Å². The first kappa shape index (κ1) is 11.6. The van der Waals surface area contributed by atoms with Gasteiger partial charge in [-0.25, -0.2) is 4.98 Å². The van der Waals surface area contributed by atoms with E-state index in [1.165, 1.54) is 0 Å². The van der Waals surface area contributed by atoms with Crippen molar-refractivity contribution in [3.63, 3.8) is 0 Å². The second kappa shape index (κ2) is 4.57. The molecule has 2 aromatic heterocycles. The highest BCUT2D eigenvalue weighted by molar-refractivity contribution is 5.75. The van der Waals surface area contributed by atoms with Gasteiger partial charge in [0.25, 0.3) is 0 Å². The van der Waals surface area contributed by atoms with Gasteiger partial charge in [0.2, 0.25) is 0 Å². The predicted molar refractivity (Wildman–Crippen MR) is 65.0 cm³/mol. The molecular weight excluding hydrogens is 216 g/mol. The fourth-order valence-corrected chi connectivity index (χ4v) is 2.07. The maximum Gasteiger partial charge on any atom is 0.312 e. The number of carboxylic acid groups (broad SMARTS) is 1. The SMILES string of the molecule is CC(C)CC(C(=O)O)c1cccc2nccn12. The molecule has 0 bridgehead atoms. The molecular formula is C13H16N2O2. The van der Waals surface area contributed by atoms with Crippen molar-refractivity contribution in [1.82, 2.24) is 9.38 Å². The second-order valence-electron chi connectivity index (χ2n) is 4.63. The van der Waals surface area contributed by atoms with Gasteiger partial charge in [-0.2, -0.15) is 0 Å². The van der Waals surface area contributed by atoms with Crippen molar-refractivity contribution in [3.8, 4) is 0 Å². The van der Waals surface area contributed by atoms with Crippen LogP contribution < -0.4 is 0 Å². The lowest BCUT2D eigenvalue weighted by Gasteiger charge is -2.16. The molecule has 0 amide bonds. The van der Waals surface area contributed by atoms with Crippen LogP contribution in [0.4, 0.5) is 0 Å². The average molecular weight is 232 g/mol. The zero-order valence-corrected chi connectivity index (χ0v) is 10.00. The van der Waals surface area contributed by atoms with Crippen LogP contribution in [0.2, 0.25) is 0 Å². The molecule has 0 saturated heterocycles. The summed E-state index contributed by atoms with van der Waals surface area (Å²) in [7, 11) is 0. The molecule has 1 unspecified atom stereocenters. The Balaban J connectivity index is 2.48. The average Bonchev–Trinajstić information content (AvgIpc) is 2.73. The van der Waals surface area contributed by atoms with Gasteiger partial charge in [0.1, 0.15) is 5.65 Å². The molecule has 2 aromatic rings. The number of imidazole rings is 1. The number of aromatic nitrogens is 2. The number of rotatable bonds is 4. The first-order valence-electron chi connectivity index (χ1n) is 5.74. The minimum absolute atomic E-state index is 0.342. The summed E-state index contributed by atoms with van der Waals surface area (Å²) >= 11 is 0. The Labute approximate surface area is 99.9 Å². The van der Waals surface area contributed by atoms with E-state index in [0.29, 0.717) is 12.3 Å². The summed E-state index contributed by atoms with van der Waals surface area (Å²) in [5.74, 6) is -0.914. The summed E-state index contributed by atoms with van der Waals surface area (Å²) < 4.78 is 1.85. The molecule has 17 heavy (non-hydrogen) atoms. The molecule has 1 atom stereocenters. The number of fused-ring (bicyclic) bond motifs is 1. The first-order valence-corrected chi connectivity index (χ1v) is 5.74. The molecule has 2 heterocycles. The van der Waals surface area contributed by atoms with E-state index in [1.54, 1.807) is 12.4 Å². The highest BCUT2D eigenvalue weighted by Crippen LogP contribution is 2.24. The molecule has 0 aliphatic rings. The van der Waals surface area contributed by atoms with Gasteiger partial charge in [-0.15, -0.1) is 0 Å². The molecule has 0 radical (unpaired) electrons. The van der Waals surface area contributed by atoms with Crippen LogP contribution in [0.3, 0.4) is 0 Å². The van der Waals surface area contributed by atoms with E-state index in [0.717, 1.165) is 11.3 Å². The van der Waals surface area contributed by atoms with E-state index in [2.05, 4.69) is 4.98 Å². The molecule has 0 aliphatic carbocycles. The summed E-state index contributed by atoms with van der Waals surface area (Å²) in [5, 5.41) is 9.34. The molecule has 0 spiro atoms. The van der Waals surface area contributed by atoms with Gasteiger partial charge in [-0.3, -0.25) is 4.79 Å². The topological polar surface area (TPSA) is 54.6 Å². The number of carbonyl (C=O) groups is 1. The molecule has 0 fully saturated rings. The lowest BCUT2D eigenvalue weighted by atomic mass is 9.93. The van der Waals surface area contributed by atoms with Gasteiger partial charge < -0.3 is 9.51 Å². The molecule has 0 aliphatic heterocycles. The highest BCUT2D eigenvalue weighted by atomic mass is 16.4. The predicted octanol–water partition coefficient (Wildman–Crippen LogP) is 2.55. The maximum absolute atomic E-state index is 11.4. The van der Waals surface area contributed by atoms with Gasteiger partial charge in [0, 0.05) is 18.1 Å². The zero-order chi connectivity index (χ0) is 12.4. The highest BCUT2D eigenvalue weighted by Gasteiger charge is 2.23. The van der Waals surface area contributed by atoms with Crippen molar-refractivity contribution < 1.29 is 9.90 Å². The third kappa shape index (κ3) is 2.30. The van der Waals surface area contributed by atoms with Crippen molar-refractivity contribution in [2.45, 2.75) is 26.2 Å². The van der Waals surface area contributed by atoms with E-state index in [-0.39, 0.29) is 0 Å². The lowest BCUT2D eigenvalue weighted by molar-refractivity contribution is -0.139. The van der Waals surface area contributed by atoms with E-state index < -0.39 is 11.9 Å². The summed E-state index contributed by atoms with van der Waals surface area (Å²) in [6.07, 6.45) is 4.13. The monoisotopic (exact) mass is 232 g/mol.